The maximum atomic E-state index is 5.61. The molecule has 0 saturated heterocycles. The largest absolute Gasteiger partial charge is 0.276 e. The van der Waals surface area contributed by atoms with E-state index in [1.54, 1.807) is 0 Å². The van der Waals surface area contributed by atoms with Crippen LogP contribution in [0.1, 0.15) is 90.9 Å². The van der Waals surface area contributed by atoms with Crippen molar-refractivity contribution in [2.45, 2.75) is 90.9 Å². The Morgan fingerprint density at radius 2 is 1.33 bits per heavy atom. The number of hydrogen-bond acceptors (Lipinski definition) is 2. The Labute approximate surface area is 150 Å². The maximum absolute atomic E-state index is 5.61. The molecule has 1 aromatic rings. The van der Waals surface area contributed by atoms with Crippen molar-refractivity contribution >= 4 is 5.69 Å². The molecule has 0 radical (unpaired) electrons. The summed E-state index contributed by atoms with van der Waals surface area (Å²) in [5, 5.41) is 0. The molecule has 0 unspecified atom stereocenters. The normalized spacial score (nSPS) is 11.1. The van der Waals surface area contributed by atoms with E-state index in [1.165, 1.54) is 70.6 Å². The zero-order valence-corrected chi connectivity index (χ0v) is 16.1. The summed E-state index contributed by atoms with van der Waals surface area (Å²) in [6.07, 6.45) is 16.4. The first kappa shape index (κ1) is 21.0. The molecule has 1 aromatic carbocycles. The molecule has 0 atom stereocenters. The van der Waals surface area contributed by atoms with Crippen LogP contribution in [-0.2, 0) is 4.84 Å². The third-order valence-electron chi connectivity index (χ3n) is 4.75. The van der Waals surface area contributed by atoms with Gasteiger partial charge in [0.25, 0.3) is 0 Å². The van der Waals surface area contributed by atoms with Crippen LogP contribution in [0.15, 0.2) is 30.3 Å². The van der Waals surface area contributed by atoms with Crippen molar-refractivity contribution in [3.63, 3.8) is 0 Å². The summed E-state index contributed by atoms with van der Waals surface area (Å²) in [6, 6.07) is 10.1. The monoisotopic (exact) mass is 333 g/mol. The zero-order chi connectivity index (χ0) is 17.3. The molecule has 0 aromatic heterocycles. The lowest BCUT2D eigenvalue weighted by Gasteiger charge is -2.17. The second-order valence-electron chi connectivity index (χ2n) is 7.02. The molecule has 2 nitrogen and oxygen atoms in total. The van der Waals surface area contributed by atoms with Gasteiger partial charge in [0.1, 0.15) is 0 Å². The van der Waals surface area contributed by atoms with E-state index in [9.17, 15) is 0 Å². The second-order valence-corrected chi connectivity index (χ2v) is 7.02. The molecule has 2 heteroatoms. The molecule has 1 N–H and O–H groups in total. The molecule has 138 valence electrons. The molecule has 0 spiro atoms. The summed E-state index contributed by atoms with van der Waals surface area (Å²) in [5.41, 5.74) is 4.07. The molecule has 0 bridgehead atoms. The zero-order valence-electron chi connectivity index (χ0n) is 16.1. The van der Waals surface area contributed by atoms with Gasteiger partial charge in [-0.2, -0.15) is 0 Å². The Morgan fingerprint density at radius 3 is 1.92 bits per heavy atom. The molecular formula is C22H39NO. The highest BCUT2D eigenvalue weighted by molar-refractivity contribution is 5.39. The number of rotatable bonds is 16. The molecule has 24 heavy (non-hydrogen) atoms. The van der Waals surface area contributed by atoms with Crippen LogP contribution in [0.3, 0.4) is 0 Å². The average Bonchev–Trinajstić information content (AvgIpc) is 2.62. The van der Waals surface area contributed by atoms with Gasteiger partial charge in [0, 0.05) is 0 Å². The Morgan fingerprint density at radius 1 is 0.750 bits per heavy atom. The average molecular weight is 334 g/mol. The lowest BCUT2D eigenvalue weighted by molar-refractivity contribution is 0.180. The number of anilines is 1. The van der Waals surface area contributed by atoms with Crippen LogP contribution in [-0.4, -0.2) is 6.61 Å². The molecule has 0 aliphatic heterocycles. The van der Waals surface area contributed by atoms with Crippen LogP contribution in [0.5, 0.6) is 0 Å². The molecule has 0 fully saturated rings. The highest BCUT2D eigenvalue weighted by Crippen LogP contribution is 2.23. The van der Waals surface area contributed by atoms with Crippen molar-refractivity contribution in [3.8, 4) is 0 Å². The van der Waals surface area contributed by atoms with E-state index in [2.05, 4.69) is 19.3 Å². The lowest BCUT2D eigenvalue weighted by Crippen LogP contribution is -2.07. The van der Waals surface area contributed by atoms with E-state index in [1.807, 2.05) is 30.3 Å². The highest BCUT2D eigenvalue weighted by atomic mass is 16.6. The van der Waals surface area contributed by atoms with Crippen molar-refractivity contribution in [2.75, 3.05) is 12.1 Å². The summed E-state index contributed by atoms with van der Waals surface area (Å²) in [4.78, 5) is 5.61. The van der Waals surface area contributed by atoms with Gasteiger partial charge in [-0.15, -0.1) is 0 Å². The third-order valence-corrected chi connectivity index (χ3v) is 4.75. The maximum Gasteiger partial charge on any atom is 0.0746 e. The minimum atomic E-state index is 0.801. The van der Waals surface area contributed by atoms with Crippen molar-refractivity contribution in [2.24, 2.45) is 5.92 Å². The van der Waals surface area contributed by atoms with Crippen molar-refractivity contribution in [1.82, 2.24) is 0 Å². The number of nitrogens with one attached hydrogen (secondary N) is 1. The van der Waals surface area contributed by atoms with Crippen LogP contribution in [0.25, 0.3) is 0 Å². The van der Waals surface area contributed by atoms with Gasteiger partial charge < -0.3 is 0 Å². The Balaban J connectivity index is 2.14. The van der Waals surface area contributed by atoms with Crippen molar-refractivity contribution < 1.29 is 4.84 Å². The van der Waals surface area contributed by atoms with Crippen LogP contribution in [0.2, 0.25) is 0 Å². The summed E-state index contributed by atoms with van der Waals surface area (Å²) < 4.78 is 0. The molecule has 1 rings (SSSR count). The van der Waals surface area contributed by atoms with Crippen molar-refractivity contribution in [3.05, 3.63) is 30.3 Å². The van der Waals surface area contributed by atoms with Gasteiger partial charge in [0.2, 0.25) is 0 Å². The third kappa shape index (κ3) is 11.5. The topological polar surface area (TPSA) is 21.3 Å². The number of para-hydroxylation sites is 1. The molecule has 0 heterocycles. The van der Waals surface area contributed by atoms with Gasteiger partial charge in [-0.1, -0.05) is 96.3 Å². The highest BCUT2D eigenvalue weighted by Gasteiger charge is 2.08. The Hall–Kier alpha value is -1.02. The number of unbranched alkanes of at least 4 members (excludes halogenated alkanes) is 6. The minimum Gasteiger partial charge on any atom is -0.276 e. The smallest absolute Gasteiger partial charge is 0.0746 e. The van der Waals surface area contributed by atoms with E-state index in [0.717, 1.165) is 24.6 Å². The van der Waals surface area contributed by atoms with Gasteiger partial charge in [0.05, 0.1) is 12.3 Å². The van der Waals surface area contributed by atoms with E-state index in [0.29, 0.717) is 0 Å². The van der Waals surface area contributed by atoms with Crippen LogP contribution < -0.4 is 5.48 Å². The van der Waals surface area contributed by atoms with Gasteiger partial charge in [0.15, 0.2) is 0 Å². The predicted octanol–water partition coefficient (Wildman–Crippen LogP) is 7.37. The Kier molecular flexibility index (Phi) is 13.6. The summed E-state index contributed by atoms with van der Waals surface area (Å²) in [5.74, 6) is 0.902. The van der Waals surface area contributed by atoms with E-state index in [4.69, 9.17) is 4.84 Å². The Bertz CT molecular complexity index is 353. The number of benzene rings is 1. The first-order chi connectivity index (χ1) is 11.9. The second kappa shape index (κ2) is 15.5. The summed E-state index contributed by atoms with van der Waals surface area (Å²) in [7, 11) is 0. The quantitative estimate of drug-likeness (QED) is 0.252. The minimum absolute atomic E-state index is 0.801. The van der Waals surface area contributed by atoms with Crippen LogP contribution >= 0.6 is 0 Å². The summed E-state index contributed by atoms with van der Waals surface area (Å²) in [6.45, 7) is 5.38. The van der Waals surface area contributed by atoms with Crippen LogP contribution in [0, 0.1) is 5.92 Å². The van der Waals surface area contributed by atoms with Crippen molar-refractivity contribution in [1.29, 1.82) is 0 Å². The number of hydrogen-bond donors (Lipinski definition) is 1. The first-order valence-corrected chi connectivity index (χ1v) is 10.3. The van der Waals surface area contributed by atoms with E-state index < -0.39 is 0 Å². The standard InChI is InChI=1S/C22H39NO/c1-3-5-7-10-15-21(16-11-8-6-4-2)17-14-20-24-23-22-18-12-9-13-19-22/h9,12-13,18-19,21,23H,3-8,10-11,14-17,20H2,1-2H3. The van der Waals surface area contributed by atoms with Gasteiger partial charge in [-0.25, -0.2) is 0 Å². The fourth-order valence-corrected chi connectivity index (χ4v) is 3.24. The lowest BCUT2D eigenvalue weighted by atomic mass is 9.91. The van der Waals surface area contributed by atoms with Gasteiger partial charge in [-0.3, -0.25) is 10.3 Å². The molecule has 0 aliphatic rings. The van der Waals surface area contributed by atoms with Gasteiger partial charge >= 0.3 is 0 Å². The van der Waals surface area contributed by atoms with Gasteiger partial charge in [-0.05, 0) is 30.9 Å². The molecule has 0 amide bonds. The van der Waals surface area contributed by atoms with E-state index >= 15 is 0 Å². The molecule has 0 aliphatic carbocycles. The first-order valence-electron chi connectivity index (χ1n) is 10.3. The predicted molar refractivity (Wildman–Crippen MR) is 106 cm³/mol. The molecule has 0 saturated carbocycles. The summed E-state index contributed by atoms with van der Waals surface area (Å²) >= 11 is 0. The molecular weight excluding hydrogens is 294 g/mol. The van der Waals surface area contributed by atoms with Crippen LogP contribution in [0.4, 0.5) is 5.69 Å². The SMILES string of the molecule is CCCCCCC(CCCCCC)CCCONc1ccccc1. The fraction of sp³-hybridized carbons (Fsp3) is 0.727. The fourth-order valence-electron chi connectivity index (χ4n) is 3.24. The van der Waals surface area contributed by atoms with E-state index in [-0.39, 0.29) is 0 Å².